The first-order valence-corrected chi connectivity index (χ1v) is 7.85. The lowest BCUT2D eigenvalue weighted by Gasteiger charge is -2.38. The van der Waals surface area contributed by atoms with E-state index < -0.39 is 0 Å². The average molecular weight is 326 g/mol. The van der Waals surface area contributed by atoms with Crippen molar-refractivity contribution in [3.63, 3.8) is 0 Å². The predicted molar refractivity (Wildman–Crippen MR) is 78.9 cm³/mol. The van der Waals surface area contributed by atoms with Gasteiger partial charge >= 0.3 is 0 Å². The van der Waals surface area contributed by atoms with Crippen LogP contribution in [0.4, 0.5) is 0 Å². The van der Waals surface area contributed by atoms with E-state index >= 15 is 0 Å². The Morgan fingerprint density at radius 2 is 1.74 bits per heavy atom. The second kappa shape index (κ2) is 5.33. The first-order valence-electron chi connectivity index (χ1n) is 7.05. The van der Waals surface area contributed by atoms with Gasteiger partial charge in [-0.15, -0.1) is 0 Å². The molecule has 1 aromatic rings. The van der Waals surface area contributed by atoms with Crippen LogP contribution >= 0.6 is 15.9 Å². The summed E-state index contributed by atoms with van der Waals surface area (Å²) in [6.45, 7) is 1.92. The molecule has 19 heavy (non-hydrogen) atoms. The highest BCUT2D eigenvalue weighted by atomic mass is 79.9. The van der Waals surface area contributed by atoms with Gasteiger partial charge in [0.15, 0.2) is 11.5 Å². The molecule has 1 saturated carbocycles. The van der Waals surface area contributed by atoms with E-state index in [4.69, 9.17) is 15.2 Å². The summed E-state index contributed by atoms with van der Waals surface area (Å²) in [4.78, 5) is 0. The molecule has 3 nitrogen and oxygen atoms in total. The third-order valence-corrected chi connectivity index (χ3v) is 5.04. The number of fused-ring (bicyclic) bond motifs is 1. The summed E-state index contributed by atoms with van der Waals surface area (Å²) in [5.41, 5.74) is 7.45. The van der Waals surface area contributed by atoms with Crippen molar-refractivity contribution >= 4 is 15.9 Å². The molecule has 0 aromatic heterocycles. The summed E-state index contributed by atoms with van der Waals surface area (Å²) in [6, 6.07) is 4.23. The van der Waals surface area contributed by atoms with Crippen LogP contribution in [-0.4, -0.2) is 19.8 Å². The SMILES string of the molecule is NCC1(c2ccc(Br)c3c2OCCO3)CCCCC1. The van der Waals surface area contributed by atoms with E-state index in [1.54, 1.807) is 0 Å². The standard InChI is InChI=1S/C15H20BrNO2/c16-12-5-4-11(13-14(12)19-9-8-18-13)15(10-17)6-2-1-3-7-15/h4-5H,1-3,6-10,17H2. The van der Waals surface area contributed by atoms with Crippen LogP contribution in [-0.2, 0) is 5.41 Å². The van der Waals surface area contributed by atoms with E-state index in [9.17, 15) is 0 Å². The van der Waals surface area contributed by atoms with Crippen molar-refractivity contribution < 1.29 is 9.47 Å². The maximum Gasteiger partial charge on any atom is 0.175 e. The molecule has 0 spiro atoms. The Hall–Kier alpha value is -0.740. The van der Waals surface area contributed by atoms with E-state index in [-0.39, 0.29) is 5.41 Å². The molecule has 1 aliphatic heterocycles. The highest BCUT2D eigenvalue weighted by molar-refractivity contribution is 9.10. The van der Waals surface area contributed by atoms with Gasteiger partial charge in [-0.1, -0.05) is 25.3 Å². The summed E-state index contributed by atoms with van der Waals surface area (Å²) in [5.74, 6) is 1.76. The molecule has 104 valence electrons. The largest absolute Gasteiger partial charge is 0.486 e. The van der Waals surface area contributed by atoms with E-state index in [0.717, 1.165) is 28.8 Å². The monoisotopic (exact) mass is 325 g/mol. The molecule has 0 unspecified atom stereocenters. The van der Waals surface area contributed by atoms with Crippen molar-refractivity contribution in [3.05, 3.63) is 22.2 Å². The van der Waals surface area contributed by atoms with Crippen LogP contribution in [0.5, 0.6) is 11.5 Å². The van der Waals surface area contributed by atoms with Crippen molar-refractivity contribution in [2.75, 3.05) is 19.8 Å². The molecule has 0 amide bonds. The Kier molecular flexibility index (Phi) is 3.72. The Bertz CT molecular complexity index is 469. The van der Waals surface area contributed by atoms with Gasteiger partial charge in [-0.25, -0.2) is 0 Å². The van der Waals surface area contributed by atoms with Gasteiger partial charge in [-0.05, 0) is 34.8 Å². The van der Waals surface area contributed by atoms with Crippen molar-refractivity contribution in [2.45, 2.75) is 37.5 Å². The topological polar surface area (TPSA) is 44.5 Å². The van der Waals surface area contributed by atoms with Crippen molar-refractivity contribution in [2.24, 2.45) is 5.73 Å². The maximum absolute atomic E-state index is 6.13. The Morgan fingerprint density at radius 1 is 1.05 bits per heavy atom. The zero-order valence-electron chi connectivity index (χ0n) is 11.1. The normalized spacial score (nSPS) is 21.2. The number of benzene rings is 1. The number of nitrogens with two attached hydrogens (primary N) is 1. The van der Waals surface area contributed by atoms with Gasteiger partial charge < -0.3 is 15.2 Å². The second-order valence-corrected chi connectivity index (χ2v) is 6.35. The number of rotatable bonds is 2. The first-order chi connectivity index (χ1) is 9.27. The zero-order valence-corrected chi connectivity index (χ0v) is 12.7. The Morgan fingerprint density at radius 3 is 2.42 bits per heavy atom. The molecular weight excluding hydrogens is 306 g/mol. The third kappa shape index (κ3) is 2.25. The molecule has 0 radical (unpaired) electrons. The number of halogens is 1. The van der Waals surface area contributed by atoms with Crippen molar-refractivity contribution in [3.8, 4) is 11.5 Å². The molecule has 1 heterocycles. The smallest absolute Gasteiger partial charge is 0.175 e. The molecule has 4 heteroatoms. The van der Waals surface area contributed by atoms with Gasteiger partial charge in [0.25, 0.3) is 0 Å². The number of hydrogen-bond acceptors (Lipinski definition) is 3. The molecule has 1 aliphatic carbocycles. The molecule has 3 rings (SSSR count). The van der Waals surface area contributed by atoms with Crippen LogP contribution in [0, 0.1) is 0 Å². The van der Waals surface area contributed by atoms with E-state index in [2.05, 4.69) is 28.1 Å². The summed E-state index contributed by atoms with van der Waals surface area (Å²) in [6.07, 6.45) is 6.13. The van der Waals surface area contributed by atoms with Gasteiger partial charge in [-0.3, -0.25) is 0 Å². The lowest BCUT2D eigenvalue weighted by molar-refractivity contribution is 0.163. The first kappa shape index (κ1) is 13.3. The fraction of sp³-hybridized carbons (Fsp3) is 0.600. The lowest BCUT2D eigenvalue weighted by atomic mass is 9.69. The lowest BCUT2D eigenvalue weighted by Crippen LogP contribution is -2.38. The Balaban J connectivity index is 2.08. The van der Waals surface area contributed by atoms with Gasteiger partial charge in [0.2, 0.25) is 0 Å². The van der Waals surface area contributed by atoms with E-state index in [0.29, 0.717) is 19.8 Å². The minimum atomic E-state index is 0.0731. The molecule has 0 atom stereocenters. The number of ether oxygens (including phenoxy) is 2. The molecule has 2 N–H and O–H groups in total. The number of hydrogen-bond donors (Lipinski definition) is 1. The zero-order chi connectivity index (χ0) is 13.3. The summed E-state index contributed by atoms with van der Waals surface area (Å²) in [5, 5.41) is 0. The fourth-order valence-corrected chi connectivity index (χ4v) is 3.76. The third-order valence-electron chi connectivity index (χ3n) is 4.41. The minimum Gasteiger partial charge on any atom is -0.486 e. The minimum absolute atomic E-state index is 0.0731. The molecular formula is C15H20BrNO2. The predicted octanol–water partition coefficient (Wildman–Crippen LogP) is 3.38. The van der Waals surface area contributed by atoms with E-state index in [1.165, 1.54) is 24.8 Å². The van der Waals surface area contributed by atoms with Gasteiger partial charge in [0.1, 0.15) is 13.2 Å². The maximum atomic E-state index is 6.13. The van der Waals surface area contributed by atoms with Crippen LogP contribution in [0.1, 0.15) is 37.7 Å². The van der Waals surface area contributed by atoms with Crippen LogP contribution in [0.3, 0.4) is 0 Å². The second-order valence-electron chi connectivity index (χ2n) is 5.50. The molecule has 0 saturated heterocycles. The summed E-state index contributed by atoms with van der Waals surface area (Å²) >= 11 is 3.54. The highest BCUT2D eigenvalue weighted by Gasteiger charge is 2.37. The molecule has 1 aromatic carbocycles. The Labute approximate surface area is 122 Å². The van der Waals surface area contributed by atoms with Crippen LogP contribution in [0.2, 0.25) is 0 Å². The van der Waals surface area contributed by atoms with Gasteiger partial charge in [0, 0.05) is 17.5 Å². The average Bonchev–Trinajstić information content (AvgIpc) is 2.48. The molecule has 1 fully saturated rings. The van der Waals surface area contributed by atoms with Crippen molar-refractivity contribution in [1.82, 2.24) is 0 Å². The quantitative estimate of drug-likeness (QED) is 0.906. The van der Waals surface area contributed by atoms with Crippen LogP contribution in [0.25, 0.3) is 0 Å². The van der Waals surface area contributed by atoms with Gasteiger partial charge in [0.05, 0.1) is 4.47 Å². The molecule has 0 bridgehead atoms. The highest BCUT2D eigenvalue weighted by Crippen LogP contribution is 2.49. The fourth-order valence-electron chi connectivity index (χ4n) is 3.33. The summed E-state index contributed by atoms with van der Waals surface area (Å²) < 4.78 is 12.6. The van der Waals surface area contributed by atoms with Crippen LogP contribution in [0.15, 0.2) is 16.6 Å². The molecule has 2 aliphatic rings. The van der Waals surface area contributed by atoms with Gasteiger partial charge in [-0.2, -0.15) is 0 Å². The summed E-state index contributed by atoms with van der Waals surface area (Å²) in [7, 11) is 0. The van der Waals surface area contributed by atoms with E-state index in [1.807, 2.05) is 0 Å². The van der Waals surface area contributed by atoms with Crippen molar-refractivity contribution in [1.29, 1.82) is 0 Å². The van der Waals surface area contributed by atoms with Crippen LogP contribution < -0.4 is 15.2 Å².